The standard InChI is InChI=1S/C46H52O14/c1-4-41(47)55-30-14-9-7-12-28-53-36-22-18-34(19-23-36)45(51)58-38-26-27-39(40(33-38)59-44(50)17-11-16-32-57-43(49)6-3)60-46(52)35-20-24-37(25-21-35)54-29-13-8-10-15-31-56-42(48)5-2/h4-6,18-27,33H,1-3,7-17,28-32H2. The van der Waals surface area contributed by atoms with Crippen LogP contribution in [0.25, 0.3) is 0 Å². The maximum absolute atomic E-state index is 13.2. The third kappa shape index (κ3) is 19.2. The highest BCUT2D eigenvalue weighted by Crippen LogP contribution is 2.33. The number of benzene rings is 3. The number of ether oxygens (including phenoxy) is 8. The first kappa shape index (κ1) is 47.7. The topological polar surface area (TPSA) is 176 Å². The third-order valence-corrected chi connectivity index (χ3v) is 8.36. The predicted molar refractivity (Wildman–Crippen MR) is 220 cm³/mol. The fourth-order valence-electron chi connectivity index (χ4n) is 5.15. The van der Waals surface area contributed by atoms with E-state index in [-0.39, 0.29) is 41.4 Å². The van der Waals surface area contributed by atoms with Crippen molar-refractivity contribution in [3.63, 3.8) is 0 Å². The first-order valence-electron chi connectivity index (χ1n) is 19.7. The van der Waals surface area contributed by atoms with Gasteiger partial charge in [-0.2, -0.15) is 0 Å². The van der Waals surface area contributed by atoms with Crippen LogP contribution in [-0.2, 0) is 33.4 Å². The minimum Gasteiger partial charge on any atom is -0.494 e. The van der Waals surface area contributed by atoms with Crippen LogP contribution in [0.5, 0.6) is 28.7 Å². The Bertz CT molecular complexity index is 1880. The molecule has 0 aliphatic carbocycles. The normalized spacial score (nSPS) is 10.3. The van der Waals surface area contributed by atoms with Crippen LogP contribution in [0.4, 0.5) is 0 Å². The van der Waals surface area contributed by atoms with Crippen LogP contribution in [0.15, 0.2) is 105 Å². The molecule has 0 fully saturated rings. The summed E-state index contributed by atoms with van der Waals surface area (Å²) >= 11 is 0. The molecule has 0 amide bonds. The second-order valence-corrected chi connectivity index (χ2v) is 13.0. The lowest BCUT2D eigenvalue weighted by atomic mass is 10.2. The molecule has 0 saturated carbocycles. The average Bonchev–Trinajstić information content (AvgIpc) is 3.26. The molecular weight excluding hydrogens is 776 g/mol. The van der Waals surface area contributed by atoms with E-state index in [2.05, 4.69) is 19.7 Å². The first-order valence-corrected chi connectivity index (χ1v) is 19.7. The van der Waals surface area contributed by atoms with Gasteiger partial charge in [-0.15, -0.1) is 0 Å². The van der Waals surface area contributed by atoms with Crippen LogP contribution in [-0.4, -0.2) is 68.9 Å². The Morgan fingerprint density at radius 2 is 0.817 bits per heavy atom. The van der Waals surface area contributed by atoms with E-state index in [1.165, 1.54) is 30.3 Å². The Kier molecular flexibility index (Phi) is 22.1. The Morgan fingerprint density at radius 3 is 1.27 bits per heavy atom. The molecule has 0 unspecified atom stereocenters. The van der Waals surface area contributed by atoms with E-state index in [0.717, 1.165) is 69.6 Å². The summed E-state index contributed by atoms with van der Waals surface area (Å²) in [5, 5.41) is 0. The molecule has 3 aromatic carbocycles. The Morgan fingerprint density at radius 1 is 0.417 bits per heavy atom. The van der Waals surface area contributed by atoms with Crippen molar-refractivity contribution in [1.82, 2.24) is 0 Å². The maximum atomic E-state index is 13.2. The van der Waals surface area contributed by atoms with E-state index in [4.69, 9.17) is 37.9 Å². The molecule has 0 N–H and O–H groups in total. The summed E-state index contributed by atoms with van der Waals surface area (Å²) in [5.41, 5.74) is 0.438. The van der Waals surface area contributed by atoms with Gasteiger partial charge in [-0.3, -0.25) is 4.79 Å². The van der Waals surface area contributed by atoms with Gasteiger partial charge in [-0.25, -0.2) is 24.0 Å². The van der Waals surface area contributed by atoms with Gasteiger partial charge in [0.25, 0.3) is 0 Å². The van der Waals surface area contributed by atoms with Crippen molar-refractivity contribution in [2.24, 2.45) is 0 Å². The van der Waals surface area contributed by atoms with Crippen molar-refractivity contribution in [1.29, 1.82) is 0 Å². The highest BCUT2D eigenvalue weighted by atomic mass is 16.6. The number of unbranched alkanes of at least 4 members (excludes halogenated alkanes) is 7. The molecule has 0 aliphatic heterocycles. The minimum atomic E-state index is -0.737. The molecule has 0 spiro atoms. The van der Waals surface area contributed by atoms with Crippen molar-refractivity contribution >= 4 is 35.8 Å². The van der Waals surface area contributed by atoms with Crippen molar-refractivity contribution in [2.45, 2.75) is 70.6 Å². The maximum Gasteiger partial charge on any atom is 0.343 e. The van der Waals surface area contributed by atoms with E-state index in [1.807, 2.05) is 0 Å². The van der Waals surface area contributed by atoms with E-state index < -0.39 is 35.8 Å². The van der Waals surface area contributed by atoms with Crippen LogP contribution in [0, 0.1) is 0 Å². The van der Waals surface area contributed by atoms with E-state index in [9.17, 15) is 28.8 Å². The second kappa shape index (κ2) is 27.9. The molecule has 0 aromatic heterocycles. The molecular formula is C46H52O14. The first-order chi connectivity index (χ1) is 29.1. The third-order valence-electron chi connectivity index (χ3n) is 8.36. The number of hydrogen-bond acceptors (Lipinski definition) is 14. The molecule has 3 rings (SSSR count). The van der Waals surface area contributed by atoms with Gasteiger partial charge in [0.05, 0.1) is 44.2 Å². The van der Waals surface area contributed by atoms with Crippen LogP contribution in [0.1, 0.15) is 91.3 Å². The largest absolute Gasteiger partial charge is 0.494 e. The Balaban J connectivity index is 1.56. The summed E-state index contributed by atoms with van der Waals surface area (Å²) in [7, 11) is 0. The quantitative estimate of drug-likeness (QED) is 0.0215. The fraction of sp³-hybridized carbons (Fsp3) is 0.348. The molecule has 0 atom stereocenters. The minimum absolute atomic E-state index is 0.0242. The van der Waals surface area contributed by atoms with Gasteiger partial charge in [-0.05, 0) is 125 Å². The predicted octanol–water partition coefficient (Wildman–Crippen LogP) is 8.27. The molecule has 0 saturated heterocycles. The highest BCUT2D eigenvalue weighted by Gasteiger charge is 2.19. The zero-order valence-corrected chi connectivity index (χ0v) is 33.7. The Labute approximate surface area is 350 Å². The van der Waals surface area contributed by atoms with E-state index in [0.29, 0.717) is 50.8 Å². The lowest BCUT2D eigenvalue weighted by Crippen LogP contribution is -2.13. The van der Waals surface area contributed by atoms with Gasteiger partial charge >= 0.3 is 35.8 Å². The van der Waals surface area contributed by atoms with Crippen molar-refractivity contribution in [2.75, 3.05) is 33.0 Å². The zero-order valence-electron chi connectivity index (χ0n) is 33.7. The van der Waals surface area contributed by atoms with Gasteiger partial charge in [0, 0.05) is 30.7 Å². The lowest BCUT2D eigenvalue weighted by molar-refractivity contribution is -0.139. The van der Waals surface area contributed by atoms with Gasteiger partial charge in [0.15, 0.2) is 11.5 Å². The monoisotopic (exact) mass is 828 g/mol. The van der Waals surface area contributed by atoms with Gasteiger partial charge < -0.3 is 37.9 Å². The Hall–Kier alpha value is -6.70. The SMILES string of the molecule is C=CC(=O)OCCCCCCOc1ccc(C(=O)Oc2ccc(OC(=O)c3ccc(OCCCCCCOC(=O)C=C)cc3)c(OC(=O)CCCCOC(=O)C=C)c2)cc1. The zero-order chi connectivity index (χ0) is 43.4. The van der Waals surface area contributed by atoms with E-state index >= 15 is 0 Å². The summed E-state index contributed by atoms with van der Waals surface area (Å²) in [5.74, 6) is -2.62. The highest BCUT2D eigenvalue weighted by molar-refractivity contribution is 5.92. The number of rotatable bonds is 29. The summed E-state index contributed by atoms with van der Waals surface area (Å²) in [6, 6.07) is 16.8. The number of esters is 6. The summed E-state index contributed by atoms with van der Waals surface area (Å²) < 4.78 is 43.2. The molecule has 0 heterocycles. The van der Waals surface area contributed by atoms with Crippen LogP contribution < -0.4 is 23.7 Å². The molecule has 320 valence electrons. The van der Waals surface area contributed by atoms with E-state index in [1.54, 1.807) is 36.4 Å². The molecule has 3 aromatic rings. The number of hydrogen-bond donors (Lipinski definition) is 0. The van der Waals surface area contributed by atoms with Gasteiger partial charge in [0.1, 0.15) is 17.2 Å². The molecule has 0 radical (unpaired) electrons. The van der Waals surface area contributed by atoms with Crippen LogP contribution in [0.3, 0.4) is 0 Å². The van der Waals surface area contributed by atoms with Crippen LogP contribution in [0.2, 0.25) is 0 Å². The van der Waals surface area contributed by atoms with Gasteiger partial charge in [0.2, 0.25) is 0 Å². The second-order valence-electron chi connectivity index (χ2n) is 13.0. The molecule has 60 heavy (non-hydrogen) atoms. The molecule has 0 bridgehead atoms. The van der Waals surface area contributed by atoms with Crippen molar-refractivity contribution in [3.05, 3.63) is 116 Å². The lowest BCUT2D eigenvalue weighted by Gasteiger charge is -2.13. The molecule has 14 heteroatoms. The fourth-order valence-corrected chi connectivity index (χ4v) is 5.15. The number of carbonyl (C=O) groups excluding carboxylic acids is 6. The summed E-state index contributed by atoms with van der Waals surface area (Å²) in [4.78, 5) is 72.5. The average molecular weight is 829 g/mol. The van der Waals surface area contributed by atoms with Crippen molar-refractivity contribution in [3.8, 4) is 28.7 Å². The molecule has 0 aliphatic rings. The van der Waals surface area contributed by atoms with Crippen molar-refractivity contribution < 1.29 is 66.7 Å². The number of carbonyl (C=O) groups is 6. The van der Waals surface area contributed by atoms with Gasteiger partial charge in [-0.1, -0.05) is 19.7 Å². The smallest absolute Gasteiger partial charge is 0.343 e. The summed E-state index contributed by atoms with van der Waals surface area (Å²) in [6.07, 6.45) is 10.6. The van der Waals surface area contributed by atoms with Crippen LogP contribution >= 0.6 is 0 Å². The summed E-state index contributed by atoms with van der Waals surface area (Å²) in [6.45, 7) is 11.8. The molecule has 14 nitrogen and oxygen atoms in total.